The number of hydrogen-bond donors (Lipinski definition) is 1. The summed E-state index contributed by atoms with van der Waals surface area (Å²) in [4.78, 5) is 12.0. The van der Waals surface area contributed by atoms with Crippen molar-refractivity contribution in [3.63, 3.8) is 0 Å². The number of fused-ring (bicyclic) bond motifs is 1. The first-order valence-corrected chi connectivity index (χ1v) is 5.89. The Labute approximate surface area is 99.3 Å². The largest absolute Gasteiger partial charge is 0.393 e. The lowest BCUT2D eigenvalue weighted by atomic mass is 10.2. The molecule has 0 fully saturated rings. The zero-order valence-corrected chi connectivity index (χ0v) is 9.91. The van der Waals surface area contributed by atoms with Gasteiger partial charge in [0.2, 0.25) is 0 Å². The van der Waals surface area contributed by atoms with E-state index in [2.05, 4.69) is 5.10 Å². The SMILES string of the molecule is CC(O)CCCCn1ccn2nccc2c1=O. The van der Waals surface area contributed by atoms with Crippen LogP contribution in [0.4, 0.5) is 0 Å². The number of aliphatic hydroxyl groups excluding tert-OH is 1. The zero-order valence-electron chi connectivity index (χ0n) is 9.91. The van der Waals surface area contributed by atoms with Gasteiger partial charge in [-0.3, -0.25) is 4.79 Å². The van der Waals surface area contributed by atoms with Crippen LogP contribution in [-0.4, -0.2) is 25.4 Å². The van der Waals surface area contributed by atoms with E-state index in [1.165, 1.54) is 0 Å². The Bertz CT molecular complexity index is 542. The lowest BCUT2D eigenvalue weighted by Crippen LogP contribution is -2.21. The van der Waals surface area contributed by atoms with Gasteiger partial charge in [0.1, 0.15) is 5.52 Å². The first-order chi connectivity index (χ1) is 8.18. The molecule has 17 heavy (non-hydrogen) atoms. The van der Waals surface area contributed by atoms with E-state index >= 15 is 0 Å². The molecule has 1 atom stereocenters. The standard InChI is InChI=1S/C12H17N3O2/c1-10(16)4-2-3-7-14-8-9-15-11(12(14)17)5-6-13-15/h5-6,8-10,16H,2-4,7H2,1H3. The summed E-state index contributed by atoms with van der Waals surface area (Å²) in [6.45, 7) is 2.47. The van der Waals surface area contributed by atoms with Crippen molar-refractivity contribution in [1.29, 1.82) is 0 Å². The fraction of sp³-hybridized carbons (Fsp3) is 0.500. The van der Waals surface area contributed by atoms with E-state index in [1.807, 2.05) is 0 Å². The summed E-state index contributed by atoms with van der Waals surface area (Å²) < 4.78 is 3.27. The number of aromatic nitrogens is 3. The van der Waals surface area contributed by atoms with Crippen LogP contribution in [0.15, 0.2) is 29.5 Å². The molecule has 0 saturated heterocycles. The number of unbranched alkanes of at least 4 members (excludes halogenated alkanes) is 1. The molecule has 2 aromatic rings. The van der Waals surface area contributed by atoms with Crippen molar-refractivity contribution in [2.24, 2.45) is 0 Å². The van der Waals surface area contributed by atoms with Gasteiger partial charge in [-0.05, 0) is 32.3 Å². The van der Waals surface area contributed by atoms with E-state index in [9.17, 15) is 4.79 Å². The molecule has 5 nitrogen and oxygen atoms in total. The van der Waals surface area contributed by atoms with Crippen molar-refractivity contribution in [2.75, 3.05) is 0 Å². The van der Waals surface area contributed by atoms with Gasteiger partial charge in [-0.15, -0.1) is 0 Å². The highest BCUT2D eigenvalue weighted by Gasteiger charge is 2.03. The maximum absolute atomic E-state index is 12.0. The second-order valence-electron chi connectivity index (χ2n) is 4.30. The predicted octanol–water partition coefficient (Wildman–Crippen LogP) is 1.05. The maximum Gasteiger partial charge on any atom is 0.276 e. The second kappa shape index (κ2) is 5.14. The summed E-state index contributed by atoms with van der Waals surface area (Å²) in [7, 11) is 0. The molecule has 0 aliphatic carbocycles. The van der Waals surface area contributed by atoms with E-state index < -0.39 is 0 Å². The van der Waals surface area contributed by atoms with Gasteiger partial charge in [0.05, 0.1) is 12.3 Å². The Balaban J connectivity index is 2.04. The molecule has 0 radical (unpaired) electrons. The topological polar surface area (TPSA) is 59.5 Å². The van der Waals surface area contributed by atoms with Crippen molar-refractivity contribution in [3.05, 3.63) is 35.0 Å². The average molecular weight is 235 g/mol. The number of aliphatic hydroxyl groups is 1. The molecule has 2 rings (SSSR count). The minimum atomic E-state index is -0.260. The Morgan fingerprint density at radius 3 is 3.00 bits per heavy atom. The fourth-order valence-corrected chi connectivity index (χ4v) is 1.86. The van der Waals surface area contributed by atoms with Gasteiger partial charge in [-0.1, -0.05) is 0 Å². The van der Waals surface area contributed by atoms with Crippen LogP contribution in [-0.2, 0) is 6.54 Å². The van der Waals surface area contributed by atoms with Crippen molar-refractivity contribution in [2.45, 2.75) is 38.8 Å². The quantitative estimate of drug-likeness (QED) is 0.788. The highest BCUT2D eigenvalue weighted by Crippen LogP contribution is 2.02. The fourth-order valence-electron chi connectivity index (χ4n) is 1.86. The molecule has 2 aromatic heterocycles. The van der Waals surface area contributed by atoms with Crippen LogP contribution < -0.4 is 5.56 Å². The van der Waals surface area contributed by atoms with Crippen LogP contribution >= 0.6 is 0 Å². The summed E-state index contributed by atoms with van der Waals surface area (Å²) in [5, 5.41) is 13.1. The molecule has 0 aromatic carbocycles. The van der Waals surface area contributed by atoms with Gasteiger partial charge < -0.3 is 9.67 Å². The van der Waals surface area contributed by atoms with Crippen LogP contribution in [0, 0.1) is 0 Å². The van der Waals surface area contributed by atoms with Crippen molar-refractivity contribution >= 4 is 5.52 Å². The monoisotopic (exact) mass is 235 g/mol. The minimum Gasteiger partial charge on any atom is -0.393 e. The molecule has 1 N–H and O–H groups in total. The van der Waals surface area contributed by atoms with Crippen molar-refractivity contribution < 1.29 is 5.11 Å². The first kappa shape index (κ1) is 11.9. The Morgan fingerprint density at radius 1 is 1.41 bits per heavy atom. The molecule has 0 bridgehead atoms. The van der Waals surface area contributed by atoms with Crippen LogP contribution in [0.5, 0.6) is 0 Å². The number of rotatable bonds is 5. The summed E-state index contributed by atoms with van der Waals surface area (Å²) >= 11 is 0. The summed E-state index contributed by atoms with van der Waals surface area (Å²) in [6, 6.07) is 1.72. The Kier molecular flexibility index (Phi) is 3.58. The third-order valence-electron chi connectivity index (χ3n) is 2.81. The highest BCUT2D eigenvalue weighted by atomic mass is 16.3. The van der Waals surface area contributed by atoms with E-state index in [1.54, 1.807) is 40.7 Å². The van der Waals surface area contributed by atoms with Crippen molar-refractivity contribution in [3.8, 4) is 0 Å². The van der Waals surface area contributed by atoms with Gasteiger partial charge in [-0.25, -0.2) is 4.52 Å². The number of aryl methyl sites for hydroxylation is 1. The van der Waals surface area contributed by atoms with Gasteiger partial charge in [-0.2, -0.15) is 5.10 Å². The van der Waals surface area contributed by atoms with E-state index in [0.717, 1.165) is 19.3 Å². The lowest BCUT2D eigenvalue weighted by Gasteiger charge is -2.07. The van der Waals surface area contributed by atoms with Crippen LogP contribution in [0.2, 0.25) is 0 Å². The molecular formula is C12H17N3O2. The van der Waals surface area contributed by atoms with Gasteiger partial charge in [0.15, 0.2) is 0 Å². The normalized spacial score (nSPS) is 13.1. The maximum atomic E-state index is 12.0. The molecular weight excluding hydrogens is 218 g/mol. The van der Waals surface area contributed by atoms with E-state index in [-0.39, 0.29) is 11.7 Å². The third-order valence-corrected chi connectivity index (χ3v) is 2.81. The molecule has 2 heterocycles. The molecule has 0 aliphatic rings. The average Bonchev–Trinajstić information content (AvgIpc) is 2.75. The molecule has 0 aliphatic heterocycles. The summed E-state index contributed by atoms with van der Waals surface area (Å²) in [5.74, 6) is 0. The summed E-state index contributed by atoms with van der Waals surface area (Å²) in [6.07, 6.45) is 7.50. The zero-order chi connectivity index (χ0) is 12.3. The summed E-state index contributed by atoms with van der Waals surface area (Å²) in [5.41, 5.74) is 0.588. The van der Waals surface area contributed by atoms with Crippen LogP contribution in [0.3, 0.4) is 0 Å². The molecule has 1 unspecified atom stereocenters. The Morgan fingerprint density at radius 2 is 2.24 bits per heavy atom. The minimum absolute atomic E-state index is 0.0120. The molecule has 5 heteroatoms. The number of nitrogens with zero attached hydrogens (tertiary/aromatic N) is 3. The Hall–Kier alpha value is -1.62. The van der Waals surface area contributed by atoms with Crippen LogP contribution in [0.1, 0.15) is 26.2 Å². The van der Waals surface area contributed by atoms with Gasteiger partial charge in [0, 0.05) is 18.9 Å². The smallest absolute Gasteiger partial charge is 0.276 e. The van der Waals surface area contributed by atoms with Gasteiger partial charge >= 0.3 is 0 Å². The molecule has 0 saturated carbocycles. The molecule has 92 valence electrons. The van der Waals surface area contributed by atoms with Gasteiger partial charge in [0.25, 0.3) is 5.56 Å². The predicted molar refractivity (Wildman–Crippen MR) is 65.0 cm³/mol. The second-order valence-corrected chi connectivity index (χ2v) is 4.30. The van der Waals surface area contributed by atoms with E-state index in [4.69, 9.17) is 5.11 Å². The molecule has 0 spiro atoms. The highest BCUT2D eigenvalue weighted by molar-refractivity contribution is 5.42. The molecule has 0 amide bonds. The lowest BCUT2D eigenvalue weighted by molar-refractivity contribution is 0.180. The first-order valence-electron chi connectivity index (χ1n) is 5.89. The van der Waals surface area contributed by atoms with E-state index in [0.29, 0.717) is 12.1 Å². The number of hydrogen-bond acceptors (Lipinski definition) is 3. The third kappa shape index (κ3) is 2.74. The van der Waals surface area contributed by atoms with Crippen LogP contribution in [0.25, 0.3) is 5.52 Å². The van der Waals surface area contributed by atoms with Crippen molar-refractivity contribution in [1.82, 2.24) is 14.2 Å².